The van der Waals surface area contributed by atoms with Crippen LogP contribution in [0.25, 0.3) is 11.1 Å². The molecule has 31 heavy (non-hydrogen) atoms. The van der Waals surface area contributed by atoms with Crippen LogP contribution in [0.4, 0.5) is 0 Å². The van der Waals surface area contributed by atoms with Gasteiger partial charge in [0.1, 0.15) is 5.56 Å². The van der Waals surface area contributed by atoms with Gasteiger partial charge in [0.15, 0.2) is 16.9 Å². The van der Waals surface area contributed by atoms with Crippen molar-refractivity contribution in [3.63, 3.8) is 0 Å². The average molecular weight is 425 g/mol. The van der Waals surface area contributed by atoms with Crippen molar-refractivity contribution in [3.8, 4) is 28.4 Å². The molecule has 1 atom stereocenters. The summed E-state index contributed by atoms with van der Waals surface area (Å²) in [6, 6.07) is 5.36. The second-order valence-corrected chi connectivity index (χ2v) is 6.91. The predicted molar refractivity (Wildman–Crippen MR) is 114 cm³/mol. The smallest absolute Gasteiger partial charge is 0.339 e. The van der Waals surface area contributed by atoms with E-state index in [1.807, 2.05) is 6.07 Å². The van der Waals surface area contributed by atoms with E-state index in [-0.39, 0.29) is 5.56 Å². The molecule has 0 aliphatic heterocycles. The average Bonchev–Trinajstić information content (AvgIpc) is 3.01. The molecule has 8 heteroatoms. The molecule has 0 bridgehead atoms. The Morgan fingerprint density at radius 2 is 1.84 bits per heavy atom. The summed E-state index contributed by atoms with van der Waals surface area (Å²) < 4.78 is 16.6. The van der Waals surface area contributed by atoms with Crippen molar-refractivity contribution in [1.82, 2.24) is 5.32 Å². The van der Waals surface area contributed by atoms with Crippen LogP contribution in [0.15, 0.2) is 41.7 Å². The number of nitrogens with one attached hydrogen (secondary N) is 1. The van der Waals surface area contributed by atoms with E-state index in [0.717, 1.165) is 11.6 Å². The highest BCUT2D eigenvalue weighted by Gasteiger charge is 2.29. The first-order valence-corrected chi connectivity index (χ1v) is 9.52. The van der Waals surface area contributed by atoms with Crippen LogP contribution >= 0.6 is 0 Å². The summed E-state index contributed by atoms with van der Waals surface area (Å²) in [6.07, 6.45) is 2.14. The van der Waals surface area contributed by atoms with E-state index in [2.05, 4.69) is 11.9 Å². The number of carboxylic acids is 1. The fourth-order valence-corrected chi connectivity index (χ4v) is 3.87. The Kier molecular flexibility index (Phi) is 6.29. The monoisotopic (exact) mass is 425 g/mol. The largest absolute Gasteiger partial charge is 0.493 e. The lowest BCUT2D eigenvalue weighted by Crippen LogP contribution is -2.27. The molecule has 2 N–H and O–H groups in total. The molecule has 0 saturated carbocycles. The molecule has 1 amide bonds. The standard InChI is InChI=1S/C23H23NO7/c1-5-19(26)24-16-9-6-12-10-18(29-2)21(30-3)22(31-4)20(12)13-7-8-14(23(27)28)17(25)11-15(13)16/h5,7-8,10-11,16H,1,6,9H2,2-4H3,(H,24,26)(H,27,28)/t16-/m0/s1. The van der Waals surface area contributed by atoms with Gasteiger partial charge in [-0.3, -0.25) is 9.59 Å². The number of aromatic carboxylic acids is 1. The number of carbonyl (C=O) groups is 2. The molecule has 0 radical (unpaired) electrons. The number of ether oxygens (including phenoxy) is 3. The minimum atomic E-state index is -1.33. The highest BCUT2D eigenvalue weighted by molar-refractivity contribution is 5.90. The molecule has 0 spiro atoms. The van der Waals surface area contributed by atoms with E-state index >= 15 is 0 Å². The maximum Gasteiger partial charge on any atom is 0.339 e. The van der Waals surface area contributed by atoms with Crippen molar-refractivity contribution in [1.29, 1.82) is 0 Å². The number of hydrogen-bond donors (Lipinski definition) is 2. The molecular formula is C23H23NO7. The van der Waals surface area contributed by atoms with E-state index in [9.17, 15) is 19.5 Å². The minimum Gasteiger partial charge on any atom is -0.493 e. The van der Waals surface area contributed by atoms with Gasteiger partial charge in [0.25, 0.3) is 0 Å². The third-order valence-electron chi connectivity index (χ3n) is 5.27. The first kappa shape index (κ1) is 21.9. The SMILES string of the molecule is C=CC(=O)N[C@H]1CCc2cc(OC)c(OC)c(OC)c2-c2ccc(C(=O)O)c(=O)cc21. The summed E-state index contributed by atoms with van der Waals surface area (Å²) in [7, 11) is 4.49. The van der Waals surface area contributed by atoms with Gasteiger partial charge in [-0.05, 0) is 53.8 Å². The number of hydrogen-bond acceptors (Lipinski definition) is 6. The Labute approximate surface area is 179 Å². The molecule has 8 nitrogen and oxygen atoms in total. The van der Waals surface area contributed by atoms with Crippen LogP contribution < -0.4 is 25.0 Å². The molecule has 1 aliphatic rings. The number of carboxylic acid groups (broad SMARTS) is 1. The van der Waals surface area contributed by atoms with Gasteiger partial charge in [0.2, 0.25) is 11.7 Å². The van der Waals surface area contributed by atoms with Gasteiger partial charge in [-0.2, -0.15) is 0 Å². The van der Waals surface area contributed by atoms with Gasteiger partial charge in [0, 0.05) is 5.56 Å². The second-order valence-electron chi connectivity index (χ2n) is 6.91. The Balaban J connectivity index is 2.42. The number of fused-ring (bicyclic) bond motifs is 3. The zero-order valence-corrected chi connectivity index (χ0v) is 17.5. The van der Waals surface area contributed by atoms with E-state index in [4.69, 9.17) is 14.2 Å². The molecule has 0 saturated heterocycles. The van der Waals surface area contributed by atoms with Gasteiger partial charge < -0.3 is 24.6 Å². The first-order chi connectivity index (χ1) is 14.9. The third-order valence-corrected chi connectivity index (χ3v) is 5.27. The molecular weight excluding hydrogens is 402 g/mol. The van der Waals surface area contributed by atoms with Crippen molar-refractivity contribution >= 4 is 11.9 Å². The fourth-order valence-electron chi connectivity index (χ4n) is 3.87. The van der Waals surface area contributed by atoms with Crippen LogP contribution in [0, 0.1) is 0 Å². The zero-order valence-electron chi connectivity index (χ0n) is 17.5. The number of amides is 1. The van der Waals surface area contributed by atoms with E-state index in [0.29, 0.717) is 46.8 Å². The number of carbonyl (C=O) groups excluding carboxylic acids is 1. The third kappa shape index (κ3) is 3.96. The summed E-state index contributed by atoms with van der Waals surface area (Å²) in [5, 5.41) is 12.3. The van der Waals surface area contributed by atoms with Crippen LogP contribution in [0.2, 0.25) is 0 Å². The highest BCUT2D eigenvalue weighted by atomic mass is 16.5. The zero-order chi connectivity index (χ0) is 22.7. The van der Waals surface area contributed by atoms with Crippen LogP contribution in [-0.4, -0.2) is 38.3 Å². The van der Waals surface area contributed by atoms with E-state index in [1.165, 1.54) is 33.5 Å². The quantitative estimate of drug-likeness (QED) is 0.685. The molecule has 0 fully saturated rings. The number of methoxy groups -OCH3 is 3. The topological polar surface area (TPSA) is 111 Å². The summed E-state index contributed by atoms with van der Waals surface area (Å²) in [4.78, 5) is 36.3. The number of benzene rings is 1. The van der Waals surface area contributed by atoms with Crippen molar-refractivity contribution in [3.05, 3.63) is 63.8 Å². The van der Waals surface area contributed by atoms with Crippen molar-refractivity contribution in [2.75, 3.05) is 21.3 Å². The van der Waals surface area contributed by atoms with Crippen LogP contribution in [0.1, 0.15) is 33.9 Å². The molecule has 3 rings (SSSR count). The Morgan fingerprint density at radius 3 is 2.42 bits per heavy atom. The lowest BCUT2D eigenvalue weighted by atomic mass is 9.95. The van der Waals surface area contributed by atoms with Crippen molar-refractivity contribution in [2.45, 2.75) is 18.9 Å². The Bertz CT molecular complexity index is 1120. The predicted octanol–water partition coefficient (Wildman–Crippen LogP) is 2.73. The van der Waals surface area contributed by atoms with Gasteiger partial charge in [-0.1, -0.05) is 12.6 Å². The van der Waals surface area contributed by atoms with Crippen LogP contribution in [-0.2, 0) is 11.2 Å². The molecule has 2 aromatic carbocycles. The van der Waals surface area contributed by atoms with Gasteiger partial charge in [-0.15, -0.1) is 0 Å². The molecule has 2 aromatic rings. The van der Waals surface area contributed by atoms with E-state index < -0.39 is 23.3 Å². The highest BCUT2D eigenvalue weighted by Crippen LogP contribution is 2.50. The molecule has 0 heterocycles. The molecule has 0 unspecified atom stereocenters. The van der Waals surface area contributed by atoms with E-state index in [1.54, 1.807) is 6.07 Å². The second kappa shape index (κ2) is 8.91. The normalized spacial score (nSPS) is 14.4. The van der Waals surface area contributed by atoms with Gasteiger partial charge in [-0.25, -0.2) is 4.79 Å². The summed E-state index contributed by atoms with van der Waals surface area (Å²) in [6.45, 7) is 3.48. The van der Waals surface area contributed by atoms with Crippen LogP contribution in [0.5, 0.6) is 17.2 Å². The lowest BCUT2D eigenvalue weighted by Gasteiger charge is -2.19. The first-order valence-electron chi connectivity index (χ1n) is 9.52. The van der Waals surface area contributed by atoms with Crippen LogP contribution in [0.3, 0.4) is 0 Å². The number of rotatable bonds is 6. The van der Waals surface area contributed by atoms with Crippen molar-refractivity contribution in [2.24, 2.45) is 0 Å². The van der Waals surface area contributed by atoms with Gasteiger partial charge in [0.05, 0.1) is 27.4 Å². The Morgan fingerprint density at radius 1 is 1.13 bits per heavy atom. The minimum absolute atomic E-state index is 0.371. The maximum absolute atomic E-state index is 12.6. The molecule has 1 aliphatic carbocycles. The molecule has 0 aromatic heterocycles. The summed E-state index contributed by atoms with van der Waals surface area (Å²) in [5.41, 5.74) is 1.51. The number of aryl methyl sites for hydroxylation is 1. The summed E-state index contributed by atoms with van der Waals surface area (Å²) in [5.74, 6) is -0.494. The lowest BCUT2D eigenvalue weighted by molar-refractivity contribution is -0.117. The molecule has 162 valence electrons. The fraction of sp³-hybridized carbons (Fsp3) is 0.261. The van der Waals surface area contributed by atoms with Crippen molar-refractivity contribution < 1.29 is 28.9 Å². The summed E-state index contributed by atoms with van der Waals surface area (Å²) >= 11 is 0. The van der Waals surface area contributed by atoms with Gasteiger partial charge >= 0.3 is 5.97 Å². The Hall–Kier alpha value is -3.81. The maximum atomic E-state index is 12.6.